The monoisotopic (exact) mass is 305 g/mol. The van der Waals surface area contributed by atoms with Crippen LogP contribution in [0.4, 0.5) is 4.79 Å². The van der Waals surface area contributed by atoms with Crippen molar-refractivity contribution < 1.29 is 14.6 Å². The molecule has 0 spiro atoms. The minimum absolute atomic E-state index is 0.153. The van der Waals surface area contributed by atoms with Crippen molar-refractivity contribution in [1.82, 2.24) is 5.32 Å². The molecule has 3 atom stereocenters. The molecule has 1 amide bonds. The van der Waals surface area contributed by atoms with Gasteiger partial charge in [0.05, 0.1) is 0 Å². The highest BCUT2D eigenvalue weighted by Crippen LogP contribution is 2.45. The number of rotatable bonds is 8. The van der Waals surface area contributed by atoms with Gasteiger partial charge in [0.25, 0.3) is 0 Å². The molecular formula is C18H27NO3. The van der Waals surface area contributed by atoms with Gasteiger partial charge in [-0.2, -0.15) is 0 Å². The molecule has 4 nitrogen and oxygen atoms in total. The second-order valence-electron chi connectivity index (χ2n) is 6.61. The molecule has 1 aliphatic rings. The lowest BCUT2D eigenvalue weighted by atomic mass is 9.98. The van der Waals surface area contributed by atoms with Crippen LogP contribution in [0.5, 0.6) is 0 Å². The zero-order valence-electron chi connectivity index (χ0n) is 13.5. The van der Waals surface area contributed by atoms with Crippen molar-refractivity contribution >= 4 is 6.09 Å². The van der Waals surface area contributed by atoms with Gasteiger partial charge in [-0.15, -0.1) is 0 Å². The average Bonchev–Trinajstić information content (AvgIpc) is 3.25. The van der Waals surface area contributed by atoms with Gasteiger partial charge in [0.1, 0.15) is 6.61 Å². The Morgan fingerprint density at radius 2 is 2.09 bits per heavy atom. The van der Waals surface area contributed by atoms with Crippen LogP contribution in [-0.4, -0.2) is 23.8 Å². The molecule has 22 heavy (non-hydrogen) atoms. The predicted octanol–water partition coefficient (Wildman–Crippen LogP) is 3.35. The quantitative estimate of drug-likeness (QED) is 0.774. The number of aliphatic hydroxyl groups is 1. The number of hydrogen-bond donors (Lipinski definition) is 2. The van der Waals surface area contributed by atoms with E-state index in [1.54, 1.807) is 0 Å². The van der Waals surface area contributed by atoms with Crippen LogP contribution in [0.1, 0.15) is 38.7 Å². The lowest BCUT2D eigenvalue weighted by Gasteiger charge is -2.21. The minimum Gasteiger partial charge on any atom is -0.445 e. The Hall–Kier alpha value is -1.55. The second-order valence-corrected chi connectivity index (χ2v) is 6.61. The number of nitrogens with one attached hydrogen (secondary N) is 1. The Morgan fingerprint density at radius 3 is 2.73 bits per heavy atom. The Kier molecular flexibility index (Phi) is 6.25. The number of carbonyl (C=O) groups excluding carboxylic acids is 1. The van der Waals surface area contributed by atoms with Gasteiger partial charge in [-0.1, -0.05) is 44.2 Å². The lowest BCUT2D eigenvalue weighted by molar-refractivity contribution is 0.132. The van der Waals surface area contributed by atoms with Crippen LogP contribution in [-0.2, 0) is 11.3 Å². The molecule has 1 aromatic rings. The molecule has 0 heterocycles. The van der Waals surface area contributed by atoms with Crippen molar-refractivity contribution in [3.8, 4) is 0 Å². The van der Waals surface area contributed by atoms with Gasteiger partial charge in [-0.25, -0.2) is 4.79 Å². The summed E-state index contributed by atoms with van der Waals surface area (Å²) in [6.45, 7) is 4.85. The number of hydrogen-bond acceptors (Lipinski definition) is 3. The second kappa shape index (κ2) is 8.18. The fraction of sp³-hybridized carbons (Fsp3) is 0.611. The zero-order valence-corrected chi connectivity index (χ0v) is 13.5. The van der Waals surface area contributed by atoms with E-state index < -0.39 is 0 Å². The van der Waals surface area contributed by atoms with E-state index in [2.05, 4.69) is 19.2 Å². The van der Waals surface area contributed by atoms with Crippen LogP contribution in [0.2, 0.25) is 0 Å². The van der Waals surface area contributed by atoms with Crippen LogP contribution >= 0.6 is 0 Å². The van der Waals surface area contributed by atoms with Crippen LogP contribution in [0, 0.1) is 17.8 Å². The first-order chi connectivity index (χ1) is 10.6. The number of aliphatic hydroxyl groups excluding tert-OH is 1. The van der Waals surface area contributed by atoms with Crippen molar-refractivity contribution in [2.75, 3.05) is 6.61 Å². The van der Waals surface area contributed by atoms with Gasteiger partial charge >= 0.3 is 6.09 Å². The van der Waals surface area contributed by atoms with E-state index in [-0.39, 0.29) is 18.7 Å². The maximum absolute atomic E-state index is 12.0. The fourth-order valence-corrected chi connectivity index (χ4v) is 3.03. The third kappa shape index (κ3) is 5.34. The maximum Gasteiger partial charge on any atom is 0.407 e. The molecule has 0 bridgehead atoms. The van der Waals surface area contributed by atoms with Crippen molar-refractivity contribution in [3.05, 3.63) is 35.9 Å². The van der Waals surface area contributed by atoms with Crippen LogP contribution in [0.25, 0.3) is 0 Å². The third-order valence-corrected chi connectivity index (χ3v) is 4.24. The molecule has 2 rings (SSSR count). The first kappa shape index (κ1) is 16.8. The Balaban J connectivity index is 1.80. The van der Waals surface area contributed by atoms with Crippen molar-refractivity contribution in [1.29, 1.82) is 0 Å². The highest BCUT2D eigenvalue weighted by Gasteiger charge is 2.43. The van der Waals surface area contributed by atoms with E-state index in [1.807, 2.05) is 30.3 Å². The number of benzene rings is 1. The molecule has 2 unspecified atom stereocenters. The standard InChI is InChI=1S/C18H27NO3/c1-13(2)10-17(16-11-15(16)8-9-20)19-18(21)22-12-14-6-4-3-5-7-14/h3-7,13,15-17,20H,8-12H2,1-2H3,(H,19,21)/t15?,16?,17-/m0/s1. The largest absolute Gasteiger partial charge is 0.445 e. The van der Waals surface area contributed by atoms with Gasteiger partial charge in [0.15, 0.2) is 0 Å². The van der Waals surface area contributed by atoms with Crippen LogP contribution in [0.3, 0.4) is 0 Å². The summed E-state index contributed by atoms with van der Waals surface area (Å²) in [5.74, 6) is 1.55. The number of alkyl carbamates (subject to hydrolysis) is 1. The molecule has 0 saturated heterocycles. The van der Waals surface area contributed by atoms with E-state index in [4.69, 9.17) is 9.84 Å². The van der Waals surface area contributed by atoms with Gasteiger partial charge in [0, 0.05) is 12.6 Å². The summed E-state index contributed by atoms with van der Waals surface area (Å²) < 4.78 is 5.31. The smallest absolute Gasteiger partial charge is 0.407 e. The first-order valence-electron chi connectivity index (χ1n) is 8.18. The van der Waals surface area contributed by atoms with E-state index >= 15 is 0 Å². The Labute approximate surface area is 132 Å². The van der Waals surface area contributed by atoms with Crippen molar-refractivity contribution in [3.63, 3.8) is 0 Å². The molecule has 0 aromatic heterocycles. The fourth-order valence-electron chi connectivity index (χ4n) is 3.03. The van der Waals surface area contributed by atoms with Crippen molar-refractivity contribution in [2.24, 2.45) is 17.8 Å². The molecule has 0 aliphatic heterocycles. The van der Waals surface area contributed by atoms with E-state index in [0.717, 1.165) is 24.8 Å². The molecule has 4 heteroatoms. The van der Waals surface area contributed by atoms with Crippen molar-refractivity contribution in [2.45, 2.75) is 45.8 Å². The Morgan fingerprint density at radius 1 is 1.36 bits per heavy atom. The summed E-state index contributed by atoms with van der Waals surface area (Å²) in [5, 5.41) is 12.1. The number of carbonyl (C=O) groups is 1. The predicted molar refractivity (Wildman–Crippen MR) is 86.3 cm³/mol. The molecule has 0 radical (unpaired) electrons. The van der Waals surface area contributed by atoms with Gasteiger partial charge in [-0.3, -0.25) is 0 Å². The number of ether oxygens (including phenoxy) is 1. The minimum atomic E-state index is -0.343. The molecule has 1 fully saturated rings. The summed E-state index contributed by atoms with van der Waals surface area (Å²) in [4.78, 5) is 12.0. The lowest BCUT2D eigenvalue weighted by Crippen LogP contribution is -2.38. The summed E-state index contributed by atoms with van der Waals surface area (Å²) >= 11 is 0. The Bertz CT molecular complexity index is 461. The molecule has 1 saturated carbocycles. The van der Waals surface area contributed by atoms with E-state index in [0.29, 0.717) is 24.4 Å². The molecular weight excluding hydrogens is 278 g/mol. The molecule has 1 aromatic carbocycles. The van der Waals surface area contributed by atoms with Gasteiger partial charge in [-0.05, 0) is 42.6 Å². The third-order valence-electron chi connectivity index (χ3n) is 4.24. The van der Waals surface area contributed by atoms with Crippen LogP contribution < -0.4 is 5.32 Å². The first-order valence-corrected chi connectivity index (χ1v) is 8.18. The van der Waals surface area contributed by atoms with Gasteiger partial charge < -0.3 is 15.2 Å². The highest BCUT2D eigenvalue weighted by atomic mass is 16.5. The maximum atomic E-state index is 12.0. The van der Waals surface area contributed by atoms with E-state index in [9.17, 15) is 4.79 Å². The van der Waals surface area contributed by atoms with Gasteiger partial charge in [0.2, 0.25) is 0 Å². The average molecular weight is 305 g/mol. The SMILES string of the molecule is CC(C)C[C@H](NC(=O)OCc1ccccc1)C1CC1CCO. The molecule has 122 valence electrons. The van der Waals surface area contributed by atoms with E-state index in [1.165, 1.54) is 0 Å². The highest BCUT2D eigenvalue weighted by molar-refractivity contribution is 5.67. The zero-order chi connectivity index (χ0) is 15.9. The number of amides is 1. The normalized spacial score (nSPS) is 21.5. The topological polar surface area (TPSA) is 58.6 Å². The molecule has 1 aliphatic carbocycles. The summed E-state index contributed by atoms with van der Waals surface area (Å²) in [7, 11) is 0. The van der Waals surface area contributed by atoms with Crippen LogP contribution in [0.15, 0.2) is 30.3 Å². The molecule has 2 N–H and O–H groups in total. The summed E-state index contributed by atoms with van der Waals surface area (Å²) in [5.41, 5.74) is 0.989. The summed E-state index contributed by atoms with van der Waals surface area (Å²) in [6, 6.07) is 9.84. The summed E-state index contributed by atoms with van der Waals surface area (Å²) in [6.07, 6.45) is 2.54.